The third-order valence-corrected chi connectivity index (χ3v) is 2.22. The zero-order valence-corrected chi connectivity index (χ0v) is 11.1. The molecule has 2 N–H and O–H groups in total. The predicted molar refractivity (Wildman–Crippen MR) is 69.6 cm³/mol. The SMILES string of the molecule is COCCOCCOc1nc(N)nc(-n2cccn2)n1. The Bertz CT molecular complexity index is 519. The highest BCUT2D eigenvalue weighted by molar-refractivity contribution is 5.24. The molecule has 0 aliphatic heterocycles. The van der Waals surface area contributed by atoms with E-state index in [4.69, 9.17) is 19.9 Å². The van der Waals surface area contributed by atoms with E-state index in [0.717, 1.165) is 0 Å². The number of nitrogens with two attached hydrogens (primary N) is 1. The molecule has 0 atom stereocenters. The van der Waals surface area contributed by atoms with Gasteiger partial charge < -0.3 is 19.9 Å². The third kappa shape index (κ3) is 4.14. The molecule has 9 nitrogen and oxygen atoms in total. The summed E-state index contributed by atoms with van der Waals surface area (Å²) in [5, 5.41) is 4.01. The minimum absolute atomic E-state index is 0.0702. The van der Waals surface area contributed by atoms with Gasteiger partial charge in [0.15, 0.2) is 0 Å². The van der Waals surface area contributed by atoms with Gasteiger partial charge in [0.25, 0.3) is 5.95 Å². The molecule has 9 heteroatoms. The van der Waals surface area contributed by atoms with E-state index >= 15 is 0 Å². The quantitative estimate of drug-likeness (QED) is 0.655. The topological polar surface area (TPSA) is 110 Å². The van der Waals surface area contributed by atoms with Crippen molar-refractivity contribution in [1.29, 1.82) is 0 Å². The van der Waals surface area contributed by atoms with Crippen LogP contribution in [-0.4, -0.2) is 58.3 Å². The first-order chi connectivity index (χ1) is 9.79. The third-order valence-electron chi connectivity index (χ3n) is 2.22. The van der Waals surface area contributed by atoms with E-state index in [1.807, 2.05) is 0 Å². The minimum Gasteiger partial charge on any atom is -0.461 e. The number of hydrogen-bond donors (Lipinski definition) is 1. The first-order valence-corrected chi connectivity index (χ1v) is 6.00. The molecule has 0 fully saturated rings. The summed E-state index contributed by atoms with van der Waals surface area (Å²) in [5.41, 5.74) is 5.60. The Kier molecular flexibility index (Phi) is 5.21. The van der Waals surface area contributed by atoms with Crippen LogP contribution in [0.15, 0.2) is 18.5 Å². The van der Waals surface area contributed by atoms with Gasteiger partial charge in [-0.25, -0.2) is 4.68 Å². The average Bonchev–Trinajstić information content (AvgIpc) is 2.96. The summed E-state index contributed by atoms with van der Waals surface area (Å²) < 4.78 is 16.9. The van der Waals surface area contributed by atoms with Crippen molar-refractivity contribution in [3.8, 4) is 12.0 Å². The Balaban J connectivity index is 1.88. The lowest BCUT2D eigenvalue weighted by atomic mass is 10.7. The minimum atomic E-state index is 0.0702. The number of rotatable bonds is 8. The maximum atomic E-state index is 5.60. The zero-order valence-electron chi connectivity index (χ0n) is 11.1. The van der Waals surface area contributed by atoms with Gasteiger partial charge in [-0.1, -0.05) is 0 Å². The largest absolute Gasteiger partial charge is 0.461 e. The maximum absolute atomic E-state index is 5.60. The molecule has 0 saturated heterocycles. The molecular weight excluding hydrogens is 264 g/mol. The van der Waals surface area contributed by atoms with E-state index in [1.54, 1.807) is 25.6 Å². The molecule has 0 spiro atoms. The Labute approximate surface area is 115 Å². The van der Waals surface area contributed by atoms with Crippen LogP contribution >= 0.6 is 0 Å². The number of ether oxygens (including phenoxy) is 3. The number of anilines is 1. The smallest absolute Gasteiger partial charge is 0.323 e. The van der Waals surface area contributed by atoms with Crippen LogP contribution in [0, 0.1) is 0 Å². The van der Waals surface area contributed by atoms with Crippen LogP contribution in [0.1, 0.15) is 0 Å². The summed E-state index contributed by atoms with van der Waals surface area (Å²) in [4.78, 5) is 12.0. The lowest BCUT2D eigenvalue weighted by molar-refractivity contribution is 0.0528. The normalized spacial score (nSPS) is 10.7. The van der Waals surface area contributed by atoms with Gasteiger partial charge in [-0.3, -0.25) is 0 Å². The molecule has 0 aliphatic rings. The molecule has 0 bridgehead atoms. The second-order valence-corrected chi connectivity index (χ2v) is 3.68. The number of nitrogens with zero attached hydrogens (tertiary/aromatic N) is 5. The summed E-state index contributed by atoms with van der Waals surface area (Å²) in [6.07, 6.45) is 3.32. The fraction of sp³-hybridized carbons (Fsp3) is 0.455. The van der Waals surface area contributed by atoms with Crippen LogP contribution in [-0.2, 0) is 9.47 Å². The molecule has 0 aromatic carbocycles. The number of methoxy groups -OCH3 is 1. The summed E-state index contributed by atoms with van der Waals surface area (Å²) >= 11 is 0. The van der Waals surface area contributed by atoms with E-state index in [2.05, 4.69) is 20.1 Å². The molecule has 108 valence electrons. The van der Waals surface area contributed by atoms with Gasteiger partial charge >= 0.3 is 6.01 Å². The van der Waals surface area contributed by atoms with Crippen molar-refractivity contribution >= 4 is 5.95 Å². The standard InChI is InChI=1S/C11H16N6O3/c1-18-5-6-19-7-8-20-11-15-9(12)14-10(16-11)17-4-2-3-13-17/h2-4H,5-8H2,1H3,(H2,12,14,15,16). The van der Waals surface area contributed by atoms with Crippen LogP contribution < -0.4 is 10.5 Å². The van der Waals surface area contributed by atoms with Crippen LogP contribution in [0.5, 0.6) is 6.01 Å². The summed E-state index contributed by atoms with van der Waals surface area (Å²) in [6, 6.07) is 1.89. The van der Waals surface area contributed by atoms with Gasteiger partial charge in [-0.15, -0.1) is 0 Å². The van der Waals surface area contributed by atoms with E-state index in [0.29, 0.717) is 32.4 Å². The van der Waals surface area contributed by atoms with Crippen LogP contribution in [0.2, 0.25) is 0 Å². The van der Waals surface area contributed by atoms with E-state index < -0.39 is 0 Å². The number of nitrogen functional groups attached to an aromatic ring is 1. The highest BCUT2D eigenvalue weighted by Crippen LogP contribution is 2.08. The molecule has 0 amide bonds. The van der Waals surface area contributed by atoms with Gasteiger partial charge in [0.05, 0.1) is 19.8 Å². The van der Waals surface area contributed by atoms with Crippen molar-refractivity contribution in [1.82, 2.24) is 24.7 Å². The molecule has 2 heterocycles. The van der Waals surface area contributed by atoms with E-state index in [1.165, 1.54) is 4.68 Å². The first kappa shape index (κ1) is 14.2. The van der Waals surface area contributed by atoms with E-state index in [-0.39, 0.29) is 12.0 Å². The fourth-order valence-corrected chi connectivity index (χ4v) is 1.35. The second kappa shape index (κ2) is 7.36. The Morgan fingerprint density at radius 2 is 2.00 bits per heavy atom. The first-order valence-electron chi connectivity index (χ1n) is 6.00. The molecule has 0 saturated carbocycles. The second-order valence-electron chi connectivity index (χ2n) is 3.68. The van der Waals surface area contributed by atoms with Gasteiger partial charge in [0.2, 0.25) is 5.95 Å². The number of aromatic nitrogens is 5. The van der Waals surface area contributed by atoms with Gasteiger partial charge in [-0.05, 0) is 6.07 Å². The zero-order chi connectivity index (χ0) is 14.2. The summed E-state index contributed by atoms with van der Waals surface area (Å²) in [6.45, 7) is 1.78. The average molecular weight is 280 g/mol. The van der Waals surface area contributed by atoms with Crippen molar-refractivity contribution in [3.63, 3.8) is 0 Å². The molecule has 2 rings (SSSR count). The lowest BCUT2D eigenvalue weighted by Crippen LogP contribution is -2.13. The molecule has 0 unspecified atom stereocenters. The van der Waals surface area contributed by atoms with Crippen molar-refractivity contribution in [2.45, 2.75) is 0 Å². The maximum Gasteiger partial charge on any atom is 0.323 e. The van der Waals surface area contributed by atoms with Crippen molar-refractivity contribution < 1.29 is 14.2 Å². The molecule has 2 aromatic heterocycles. The van der Waals surface area contributed by atoms with Gasteiger partial charge in [0, 0.05) is 19.5 Å². The summed E-state index contributed by atoms with van der Waals surface area (Å²) in [7, 11) is 1.62. The van der Waals surface area contributed by atoms with Gasteiger partial charge in [-0.2, -0.15) is 20.1 Å². The molecule has 2 aromatic rings. The Hall–Kier alpha value is -2.26. The molecular formula is C11H16N6O3. The van der Waals surface area contributed by atoms with Gasteiger partial charge in [0.1, 0.15) is 6.61 Å². The summed E-state index contributed by atoms with van der Waals surface area (Å²) in [5.74, 6) is 0.374. The predicted octanol–water partition coefficient (Wildman–Crippen LogP) is -0.319. The van der Waals surface area contributed by atoms with Crippen molar-refractivity contribution in [2.24, 2.45) is 0 Å². The van der Waals surface area contributed by atoms with E-state index in [9.17, 15) is 0 Å². The van der Waals surface area contributed by atoms with Crippen molar-refractivity contribution in [2.75, 3.05) is 39.3 Å². The molecule has 20 heavy (non-hydrogen) atoms. The Morgan fingerprint density at radius 1 is 1.15 bits per heavy atom. The van der Waals surface area contributed by atoms with Crippen LogP contribution in [0.4, 0.5) is 5.95 Å². The van der Waals surface area contributed by atoms with Crippen LogP contribution in [0.3, 0.4) is 0 Å². The highest BCUT2D eigenvalue weighted by Gasteiger charge is 2.07. The fourth-order valence-electron chi connectivity index (χ4n) is 1.35. The molecule has 0 aliphatic carbocycles. The monoisotopic (exact) mass is 280 g/mol. The van der Waals surface area contributed by atoms with Crippen LogP contribution in [0.25, 0.3) is 5.95 Å². The highest BCUT2D eigenvalue weighted by atomic mass is 16.5. The molecule has 0 radical (unpaired) electrons. The lowest BCUT2D eigenvalue weighted by Gasteiger charge is -2.07. The number of hydrogen-bond acceptors (Lipinski definition) is 8. The van der Waals surface area contributed by atoms with Crippen molar-refractivity contribution in [3.05, 3.63) is 18.5 Å². The Morgan fingerprint density at radius 3 is 2.75 bits per heavy atom.